The minimum atomic E-state index is 0.395. The second-order valence-electron chi connectivity index (χ2n) is 5.18. The van der Waals surface area contributed by atoms with Gasteiger partial charge >= 0.3 is 0 Å². The van der Waals surface area contributed by atoms with E-state index in [1.165, 1.54) is 11.3 Å². The smallest absolute Gasteiger partial charge is 0.115 e. The van der Waals surface area contributed by atoms with Crippen LogP contribution >= 0.6 is 0 Å². The molecule has 1 aromatic carbocycles. The minimum absolute atomic E-state index is 0.395. The van der Waals surface area contributed by atoms with Gasteiger partial charge in [-0.2, -0.15) is 0 Å². The third-order valence-corrected chi connectivity index (χ3v) is 3.37. The van der Waals surface area contributed by atoms with Crippen LogP contribution in [0.1, 0.15) is 51.0 Å². The summed E-state index contributed by atoms with van der Waals surface area (Å²) in [6.07, 6.45) is 3.89. The van der Waals surface area contributed by atoms with Gasteiger partial charge in [0.2, 0.25) is 0 Å². The molecule has 0 spiro atoms. The van der Waals surface area contributed by atoms with Crippen LogP contribution < -0.4 is 5.32 Å². The highest BCUT2D eigenvalue weighted by Gasteiger charge is 2.09. The Morgan fingerprint density at radius 3 is 2.42 bits per heavy atom. The summed E-state index contributed by atoms with van der Waals surface area (Å²) in [5.41, 5.74) is 2.49. The molecule has 0 aliphatic carbocycles. The van der Waals surface area contributed by atoms with Gasteiger partial charge in [0.15, 0.2) is 0 Å². The highest BCUT2D eigenvalue weighted by Crippen LogP contribution is 2.20. The molecule has 0 fully saturated rings. The van der Waals surface area contributed by atoms with E-state index in [4.69, 9.17) is 0 Å². The molecule has 0 aliphatic heterocycles. The summed E-state index contributed by atoms with van der Waals surface area (Å²) in [5, 5.41) is 3.43. The fraction of sp³-hybridized carbons (Fsp3) is 0.438. The first-order valence-corrected chi connectivity index (χ1v) is 7.00. The lowest BCUT2D eigenvalue weighted by Crippen LogP contribution is -2.17. The van der Waals surface area contributed by atoms with Gasteiger partial charge in [0, 0.05) is 30.0 Å². The zero-order chi connectivity index (χ0) is 13.8. The second kappa shape index (κ2) is 6.02. The molecule has 1 N–H and O–H groups in total. The molecule has 3 heteroatoms. The van der Waals surface area contributed by atoms with E-state index < -0.39 is 0 Å². The molecule has 2 rings (SSSR count). The number of nitrogens with zero attached hydrogens (tertiary/aromatic N) is 2. The Balaban J connectivity index is 2.25. The summed E-state index contributed by atoms with van der Waals surface area (Å²) in [6.45, 7) is 9.64. The van der Waals surface area contributed by atoms with Crippen molar-refractivity contribution in [2.45, 2.75) is 39.7 Å². The molecule has 0 amide bonds. The van der Waals surface area contributed by atoms with E-state index in [2.05, 4.69) is 66.8 Å². The standard InChI is InChI=1S/C16H23N3/c1-5-17-13(4)14-6-8-15(9-7-14)19-11-10-18-16(19)12(2)3/h6-13,17H,5H2,1-4H3. The summed E-state index contributed by atoms with van der Waals surface area (Å²) in [5.74, 6) is 1.53. The van der Waals surface area contributed by atoms with Gasteiger partial charge in [-0.25, -0.2) is 4.98 Å². The molecule has 0 saturated carbocycles. The lowest BCUT2D eigenvalue weighted by atomic mass is 10.1. The Kier molecular flexibility index (Phi) is 4.38. The van der Waals surface area contributed by atoms with Gasteiger partial charge in [0.05, 0.1) is 0 Å². The molecule has 0 aliphatic rings. The SMILES string of the molecule is CCNC(C)c1ccc(-n2ccnc2C(C)C)cc1. The van der Waals surface area contributed by atoms with Crippen LogP contribution in [0.25, 0.3) is 5.69 Å². The number of nitrogens with one attached hydrogen (secondary N) is 1. The minimum Gasteiger partial charge on any atom is -0.310 e. The number of imidazole rings is 1. The number of aromatic nitrogens is 2. The highest BCUT2D eigenvalue weighted by molar-refractivity contribution is 5.37. The summed E-state index contributed by atoms with van der Waals surface area (Å²) in [7, 11) is 0. The molecule has 1 aromatic heterocycles. The van der Waals surface area contributed by atoms with E-state index in [0.29, 0.717) is 12.0 Å². The van der Waals surface area contributed by atoms with Crippen molar-refractivity contribution in [1.82, 2.24) is 14.9 Å². The highest BCUT2D eigenvalue weighted by atomic mass is 15.1. The van der Waals surface area contributed by atoms with Crippen LogP contribution in [0.5, 0.6) is 0 Å². The Morgan fingerprint density at radius 1 is 1.16 bits per heavy atom. The van der Waals surface area contributed by atoms with Crippen molar-refractivity contribution < 1.29 is 0 Å². The van der Waals surface area contributed by atoms with Crippen LogP contribution in [0.3, 0.4) is 0 Å². The van der Waals surface area contributed by atoms with Crippen molar-refractivity contribution in [1.29, 1.82) is 0 Å². The third kappa shape index (κ3) is 3.04. The number of benzene rings is 1. The van der Waals surface area contributed by atoms with E-state index in [1.54, 1.807) is 0 Å². The summed E-state index contributed by atoms with van der Waals surface area (Å²) in [4.78, 5) is 4.43. The van der Waals surface area contributed by atoms with Crippen LogP contribution in [-0.2, 0) is 0 Å². The van der Waals surface area contributed by atoms with Gasteiger partial charge in [0.25, 0.3) is 0 Å². The normalized spacial score (nSPS) is 12.9. The van der Waals surface area contributed by atoms with Crippen LogP contribution in [0.15, 0.2) is 36.7 Å². The predicted octanol–water partition coefficient (Wildman–Crippen LogP) is 3.67. The molecule has 2 aromatic rings. The quantitative estimate of drug-likeness (QED) is 0.885. The Hall–Kier alpha value is -1.61. The molecule has 0 radical (unpaired) electrons. The maximum Gasteiger partial charge on any atom is 0.115 e. The first-order valence-electron chi connectivity index (χ1n) is 7.00. The maximum absolute atomic E-state index is 4.43. The molecule has 102 valence electrons. The van der Waals surface area contributed by atoms with Crippen LogP contribution in [0.2, 0.25) is 0 Å². The Bertz CT molecular complexity index is 511. The van der Waals surface area contributed by atoms with Gasteiger partial charge in [-0.15, -0.1) is 0 Å². The molecule has 3 nitrogen and oxygen atoms in total. The van der Waals surface area contributed by atoms with Crippen molar-refractivity contribution in [3.63, 3.8) is 0 Å². The molecular weight excluding hydrogens is 234 g/mol. The summed E-state index contributed by atoms with van der Waals surface area (Å²) in [6, 6.07) is 9.10. The van der Waals surface area contributed by atoms with Gasteiger partial charge < -0.3 is 9.88 Å². The fourth-order valence-electron chi connectivity index (χ4n) is 2.31. The first kappa shape index (κ1) is 13.8. The monoisotopic (exact) mass is 257 g/mol. The molecule has 1 heterocycles. The lowest BCUT2D eigenvalue weighted by molar-refractivity contribution is 0.598. The maximum atomic E-state index is 4.43. The number of hydrogen-bond donors (Lipinski definition) is 1. The molecular formula is C16H23N3. The van der Waals surface area contributed by atoms with Crippen LogP contribution in [-0.4, -0.2) is 16.1 Å². The molecule has 0 saturated heterocycles. The number of rotatable bonds is 5. The largest absolute Gasteiger partial charge is 0.310 e. The van der Waals surface area contributed by atoms with Gasteiger partial charge in [-0.3, -0.25) is 0 Å². The van der Waals surface area contributed by atoms with E-state index in [-0.39, 0.29) is 0 Å². The topological polar surface area (TPSA) is 29.9 Å². The van der Waals surface area contributed by atoms with Crippen molar-refractivity contribution in [2.75, 3.05) is 6.54 Å². The van der Waals surface area contributed by atoms with Gasteiger partial charge in [-0.05, 0) is 31.2 Å². The van der Waals surface area contributed by atoms with Crippen molar-refractivity contribution in [2.24, 2.45) is 0 Å². The van der Waals surface area contributed by atoms with E-state index in [0.717, 1.165) is 12.4 Å². The van der Waals surface area contributed by atoms with E-state index in [1.807, 2.05) is 12.4 Å². The lowest BCUT2D eigenvalue weighted by Gasteiger charge is -2.14. The first-order chi connectivity index (χ1) is 9.13. The zero-order valence-corrected chi connectivity index (χ0v) is 12.2. The van der Waals surface area contributed by atoms with E-state index >= 15 is 0 Å². The van der Waals surface area contributed by atoms with Gasteiger partial charge in [-0.1, -0.05) is 32.9 Å². The molecule has 1 atom stereocenters. The van der Waals surface area contributed by atoms with Crippen molar-refractivity contribution >= 4 is 0 Å². The van der Waals surface area contributed by atoms with Gasteiger partial charge in [0.1, 0.15) is 5.82 Å². The molecule has 1 unspecified atom stereocenters. The van der Waals surface area contributed by atoms with Crippen molar-refractivity contribution in [3.8, 4) is 5.69 Å². The Morgan fingerprint density at radius 2 is 1.84 bits per heavy atom. The Labute approximate surface area is 115 Å². The van der Waals surface area contributed by atoms with Crippen LogP contribution in [0, 0.1) is 0 Å². The van der Waals surface area contributed by atoms with Crippen molar-refractivity contribution in [3.05, 3.63) is 48.0 Å². The predicted molar refractivity (Wildman–Crippen MR) is 79.7 cm³/mol. The van der Waals surface area contributed by atoms with Crippen LogP contribution in [0.4, 0.5) is 0 Å². The summed E-state index contributed by atoms with van der Waals surface area (Å²) < 4.78 is 2.16. The number of hydrogen-bond acceptors (Lipinski definition) is 2. The zero-order valence-electron chi connectivity index (χ0n) is 12.2. The third-order valence-electron chi connectivity index (χ3n) is 3.37. The average molecular weight is 257 g/mol. The second-order valence-corrected chi connectivity index (χ2v) is 5.18. The molecule has 0 bridgehead atoms. The van der Waals surface area contributed by atoms with E-state index in [9.17, 15) is 0 Å². The molecule has 19 heavy (non-hydrogen) atoms. The summed E-state index contributed by atoms with van der Waals surface area (Å²) >= 11 is 0. The average Bonchev–Trinajstić information content (AvgIpc) is 2.88. The fourth-order valence-corrected chi connectivity index (χ4v) is 2.31.